The van der Waals surface area contributed by atoms with Crippen molar-refractivity contribution in [2.45, 2.75) is 6.92 Å². The lowest BCUT2D eigenvalue weighted by molar-refractivity contribution is 0.158. The summed E-state index contributed by atoms with van der Waals surface area (Å²) in [5.41, 5.74) is 0.962. The number of para-hydroxylation sites is 1. The Labute approximate surface area is 83.9 Å². The molecule has 3 heteroatoms. The quantitative estimate of drug-likeness (QED) is 0.737. The second kappa shape index (κ2) is 5.84. The van der Waals surface area contributed by atoms with Crippen molar-refractivity contribution >= 4 is 17.3 Å². The van der Waals surface area contributed by atoms with Crippen LogP contribution in [0, 0.1) is 0 Å². The van der Waals surface area contributed by atoms with E-state index in [-0.39, 0.29) is 0 Å². The van der Waals surface area contributed by atoms with Crippen molar-refractivity contribution in [3.05, 3.63) is 29.3 Å². The maximum atomic E-state index is 5.93. The molecule has 0 saturated heterocycles. The van der Waals surface area contributed by atoms with Crippen LogP contribution in [0.15, 0.2) is 24.3 Å². The van der Waals surface area contributed by atoms with Gasteiger partial charge in [-0.2, -0.15) is 0 Å². The standard InChI is InChI=1S/C10H14ClNO/c1-2-13-8-7-12-10-6-4-3-5-9(10)11/h3-6,12H,2,7-8H2,1H3. The van der Waals surface area contributed by atoms with Gasteiger partial charge < -0.3 is 10.1 Å². The molecule has 0 aliphatic carbocycles. The molecule has 0 heterocycles. The van der Waals surface area contributed by atoms with E-state index in [0.29, 0.717) is 6.61 Å². The lowest BCUT2D eigenvalue weighted by atomic mass is 10.3. The van der Waals surface area contributed by atoms with Crippen LogP contribution < -0.4 is 5.32 Å². The van der Waals surface area contributed by atoms with Crippen LogP contribution in [0.1, 0.15) is 6.92 Å². The minimum atomic E-state index is 0.710. The first kappa shape index (κ1) is 10.4. The minimum absolute atomic E-state index is 0.710. The third-order valence-electron chi connectivity index (χ3n) is 1.64. The van der Waals surface area contributed by atoms with Crippen LogP contribution >= 0.6 is 11.6 Å². The molecule has 0 aromatic heterocycles. The van der Waals surface area contributed by atoms with Gasteiger partial charge in [0.15, 0.2) is 0 Å². The zero-order valence-corrected chi connectivity index (χ0v) is 8.47. The fourth-order valence-corrected chi connectivity index (χ4v) is 1.21. The summed E-state index contributed by atoms with van der Waals surface area (Å²) in [4.78, 5) is 0. The largest absolute Gasteiger partial charge is 0.382 e. The van der Waals surface area contributed by atoms with Gasteiger partial charge in [-0.1, -0.05) is 23.7 Å². The van der Waals surface area contributed by atoms with Crippen LogP contribution in [-0.4, -0.2) is 19.8 Å². The van der Waals surface area contributed by atoms with Gasteiger partial charge in [0.1, 0.15) is 0 Å². The Hall–Kier alpha value is -0.730. The third kappa shape index (κ3) is 3.66. The molecule has 0 radical (unpaired) electrons. The highest BCUT2D eigenvalue weighted by Gasteiger charge is 1.95. The summed E-state index contributed by atoms with van der Waals surface area (Å²) in [5.74, 6) is 0. The fourth-order valence-electron chi connectivity index (χ4n) is 1.01. The Balaban J connectivity index is 2.32. The van der Waals surface area contributed by atoms with Crippen LogP contribution in [0.4, 0.5) is 5.69 Å². The molecule has 1 aromatic carbocycles. The smallest absolute Gasteiger partial charge is 0.0638 e. The molecule has 72 valence electrons. The maximum absolute atomic E-state index is 5.93. The Kier molecular flexibility index (Phi) is 4.65. The number of anilines is 1. The molecule has 0 unspecified atom stereocenters. The molecular formula is C10H14ClNO. The summed E-state index contributed by atoms with van der Waals surface area (Å²) < 4.78 is 5.19. The highest BCUT2D eigenvalue weighted by atomic mass is 35.5. The Morgan fingerprint density at radius 3 is 2.85 bits per heavy atom. The number of halogens is 1. The van der Waals surface area contributed by atoms with Crippen molar-refractivity contribution < 1.29 is 4.74 Å². The summed E-state index contributed by atoms with van der Waals surface area (Å²) >= 11 is 5.93. The Bertz CT molecular complexity index is 252. The van der Waals surface area contributed by atoms with E-state index in [4.69, 9.17) is 16.3 Å². The average molecular weight is 200 g/mol. The third-order valence-corrected chi connectivity index (χ3v) is 1.97. The van der Waals surface area contributed by atoms with Crippen molar-refractivity contribution in [1.82, 2.24) is 0 Å². The molecule has 0 fully saturated rings. The molecular weight excluding hydrogens is 186 g/mol. The van der Waals surface area contributed by atoms with Crippen molar-refractivity contribution in [2.75, 3.05) is 25.1 Å². The molecule has 0 spiro atoms. The van der Waals surface area contributed by atoms with Gasteiger partial charge in [0.2, 0.25) is 0 Å². The predicted molar refractivity (Wildman–Crippen MR) is 56.4 cm³/mol. The summed E-state index contributed by atoms with van der Waals surface area (Å²) in [7, 11) is 0. The number of benzene rings is 1. The first-order valence-electron chi connectivity index (χ1n) is 4.40. The molecule has 0 amide bonds. The van der Waals surface area contributed by atoms with Gasteiger partial charge in [0, 0.05) is 13.2 Å². The SMILES string of the molecule is CCOCCNc1ccccc1Cl. The van der Waals surface area contributed by atoms with E-state index in [9.17, 15) is 0 Å². The van der Waals surface area contributed by atoms with E-state index < -0.39 is 0 Å². The summed E-state index contributed by atoms with van der Waals surface area (Å²) in [6.45, 7) is 4.24. The number of rotatable bonds is 5. The van der Waals surface area contributed by atoms with E-state index in [1.54, 1.807) is 0 Å². The summed E-state index contributed by atoms with van der Waals surface area (Å²) in [6.07, 6.45) is 0. The van der Waals surface area contributed by atoms with Crippen LogP contribution in [0.2, 0.25) is 5.02 Å². The molecule has 0 atom stereocenters. The fraction of sp³-hybridized carbons (Fsp3) is 0.400. The number of hydrogen-bond acceptors (Lipinski definition) is 2. The average Bonchev–Trinajstić information content (AvgIpc) is 2.15. The lowest BCUT2D eigenvalue weighted by Crippen LogP contribution is -2.09. The van der Waals surface area contributed by atoms with Crippen LogP contribution in [0.25, 0.3) is 0 Å². The molecule has 0 bridgehead atoms. The van der Waals surface area contributed by atoms with E-state index >= 15 is 0 Å². The maximum Gasteiger partial charge on any atom is 0.0638 e. The monoisotopic (exact) mass is 199 g/mol. The van der Waals surface area contributed by atoms with Gasteiger partial charge in [-0.05, 0) is 19.1 Å². The number of nitrogens with one attached hydrogen (secondary N) is 1. The van der Waals surface area contributed by atoms with Crippen LogP contribution in [-0.2, 0) is 4.74 Å². The van der Waals surface area contributed by atoms with E-state index in [2.05, 4.69) is 5.32 Å². The molecule has 1 N–H and O–H groups in total. The highest BCUT2D eigenvalue weighted by Crippen LogP contribution is 2.19. The molecule has 13 heavy (non-hydrogen) atoms. The molecule has 0 aliphatic rings. The molecule has 0 aliphatic heterocycles. The zero-order chi connectivity index (χ0) is 9.52. The number of hydrogen-bond donors (Lipinski definition) is 1. The van der Waals surface area contributed by atoms with Crippen LogP contribution in [0.3, 0.4) is 0 Å². The minimum Gasteiger partial charge on any atom is -0.382 e. The van der Waals surface area contributed by atoms with Gasteiger partial charge in [-0.25, -0.2) is 0 Å². The molecule has 0 saturated carbocycles. The first-order chi connectivity index (χ1) is 6.34. The van der Waals surface area contributed by atoms with Crippen molar-refractivity contribution in [1.29, 1.82) is 0 Å². The molecule has 1 aromatic rings. The van der Waals surface area contributed by atoms with E-state index in [0.717, 1.165) is 23.9 Å². The summed E-state index contributed by atoms with van der Waals surface area (Å²) in [6, 6.07) is 7.68. The van der Waals surface area contributed by atoms with Crippen molar-refractivity contribution in [3.8, 4) is 0 Å². The normalized spacial score (nSPS) is 10.0. The Morgan fingerprint density at radius 1 is 1.38 bits per heavy atom. The van der Waals surface area contributed by atoms with Gasteiger partial charge in [0.25, 0.3) is 0 Å². The van der Waals surface area contributed by atoms with Gasteiger partial charge in [0.05, 0.1) is 17.3 Å². The zero-order valence-electron chi connectivity index (χ0n) is 7.72. The van der Waals surface area contributed by atoms with Crippen LogP contribution in [0.5, 0.6) is 0 Å². The van der Waals surface area contributed by atoms with E-state index in [1.807, 2.05) is 31.2 Å². The lowest BCUT2D eigenvalue weighted by Gasteiger charge is -2.07. The topological polar surface area (TPSA) is 21.3 Å². The predicted octanol–water partition coefficient (Wildman–Crippen LogP) is 2.79. The van der Waals surface area contributed by atoms with E-state index in [1.165, 1.54) is 0 Å². The van der Waals surface area contributed by atoms with Crippen molar-refractivity contribution in [3.63, 3.8) is 0 Å². The van der Waals surface area contributed by atoms with Gasteiger partial charge >= 0.3 is 0 Å². The van der Waals surface area contributed by atoms with Gasteiger partial charge in [-0.15, -0.1) is 0 Å². The molecule has 2 nitrogen and oxygen atoms in total. The first-order valence-corrected chi connectivity index (χ1v) is 4.78. The highest BCUT2D eigenvalue weighted by molar-refractivity contribution is 6.33. The second-order valence-electron chi connectivity index (χ2n) is 2.60. The van der Waals surface area contributed by atoms with Gasteiger partial charge in [-0.3, -0.25) is 0 Å². The Morgan fingerprint density at radius 2 is 2.15 bits per heavy atom. The van der Waals surface area contributed by atoms with Crippen molar-refractivity contribution in [2.24, 2.45) is 0 Å². The molecule has 1 rings (SSSR count). The number of ether oxygens (including phenoxy) is 1. The summed E-state index contributed by atoms with van der Waals surface area (Å²) in [5, 5.41) is 3.94. The second-order valence-corrected chi connectivity index (χ2v) is 3.01.